The van der Waals surface area contributed by atoms with Gasteiger partial charge in [-0.25, -0.2) is 0 Å². The predicted molar refractivity (Wildman–Crippen MR) is 66.5 cm³/mol. The number of carboxylic acid groups (broad SMARTS) is 1. The molecule has 0 radical (unpaired) electrons. The largest absolute Gasteiger partial charge is 0.481 e. The molecule has 16 heavy (non-hydrogen) atoms. The molecule has 2 heteroatoms. The molecule has 1 saturated carbocycles. The third-order valence-corrected chi connectivity index (χ3v) is 3.88. The van der Waals surface area contributed by atoms with E-state index >= 15 is 0 Å². The highest BCUT2D eigenvalue weighted by atomic mass is 16.4. The quantitative estimate of drug-likeness (QED) is 0.705. The van der Waals surface area contributed by atoms with Gasteiger partial charge in [-0.2, -0.15) is 0 Å². The second-order valence-corrected chi connectivity index (χ2v) is 5.47. The van der Waals surface area contributed by atoms with Crippen molar-refractivity contribution in [1.82, 2.24) is 0 Å². The summed E-state index contributed by atoms with van der Waals surface area (Å²) in [5.74, 6) is 1.02. The number of hydrogen-bond acceptors (Lipinski definition) is 1. The Bertz CT molecular complexity index is 195. The molecular formula is C14H26O2. The minimum absolute atomic E-state index is 0.341. The van der Waals surface area contributed by atoms with Gasteiger partial charge in [0.1, 0.15) is 0 Å². The Balaban J connectivity index is 2.00. The fourth-order valence-electron chi connectivity index (χ4n) is 2.74. The molecule has 1 fully saturated rings. The van der Waals surface area contributed by atoms with Gasteiger partial charge in [0, 0.05) is 6.42 Å². The Hall–Kier alpha value is -0.530. The molecule has 0 aliphatic heterocycles. The van der Waals surface area contributed by atoms with Crippen LogP contribution in [0.4, 0.5) is 0 Å². The molecule has 0 amide bonds. The summed E-state index contributed by atoms with van der Waals surface area (Å²) in [6.07, 6.45) is 12.1. The van der Waals surface area contributed by atoms with Gasteiger partial charge in [0.15, 0.2) is 0 Å². The van der Waals surface area contributed by atoms with E-state index in [0.717, 1.165) is 18.8 Å². The molecule has 1 aliphatic rings. The maximum Gasteiger partial charge on any atom is 0.303 e. The van der Waals surface area contributed by atoms with E-state index in [2.05, 4.69) is 6.92 Å². The normalized spacial score (nSPS) is 19.6. The van der Waals surface area contributed by atoms with E-state index in [1.54, 1.807) is 0 Å². The zero-order chi connectivity index (χ0) is 11.8. The highest BCUT2D eigenvalue weighted by Gasteiger charge is 2.14. The zero-order valence-corrected chi connectivity index (χ0v) is 10.6. The van der Waals surface area contributed by atoms with Crippen molar-refractivity contribution in [1.29, 1.82) is 0 Å². The molecule has 1 unspecified atom stereocenters. The van der Waals surface area contributed by atoms with E-state index < -0.39 is 5.97 Å². The van der Waals surface area contributed by atoms with Gasteiger partial charge in [-0.15, -0.1) is 0 Å². The summed E-state index contributed by atoms with van der Waals surface area (Å²) in [6, 6.07) is 0. The van der Waals surface area contributed by atoms with Crippen LogP contribution in [-0.2, 0) is 4.79 Å². The van der Waals surface area contributed by atoms with Crippen molar-refractivity contribution in [2.75, 3.05) is 0 Å². The molecule has 1 rings (SSSR count). The van der Waals surface area contributed by atoms with Crippen LogP contribution in [-0.4, -0.2) is 11.1 Å². The number of carbonyl (C=O) groups is 1. The van der Waals surface area contributed by atoms with Gasteiger partial charge in [-0.05, 0) is 18.3 Å². The van der Waals surface area contributed by atoms with Crippen LogP contribution in [0.25, 0.3) is 0 Å². The lowest BCUT2D eigenvalue weighted by atomic mass is 9.84. The summed E-state index contributed by atoms with van der Waals surface area (Å²) in [6.45, 7) is 2.27. The Labute approximate surface area is 99.4 Å². The van der Waals surface area contributed by atoms with Crippen molar-refractivity contribution in [3.8, 4) is 0 Å². The first-order valence-electron chi connectivity index (χ1n) is 6.90. The first kappa shape index (κ1) is 13.5. The monoisotopic (exact) mass is 226 g/mol. The molecule has 1 atom stereocenters. The first-order chi connectivity index (χ1) is 7.68. The highest BCUT2D eigenvalue weighted by molar-refractivity contribution is 5.66. The minimum atomic E-state index is -0.653. The summed E-state index contributed by atoms with van der Waals surface area (Å²) in [5, 5.41) is 8.56. The SMILES string of the molecule is CC(CCCC(=O)O)CCC1CCCCC1. The van der Waals surface area contributed by atoms with Gasteiger partial charge < -0.3 is 5.11 Å². The Morgan fingerprint density at radius 3 is 2.56 bits per heavy atom. The van der Waals surface area contributed by atoms with Gasteiger partial charge in [-0.3, -0.25) is 4.79 Å². The predicted octanol–water partition coefficient (Wildman–Crippen LogP) is 4.24. The number of rotatable bonds is 7. The fourth-order valence-corrected chi connectivity index (χ4v) is 2.74. The van der Waals surface area contributed by atoms with Crippen LogP contribution in [0, 0.1) is 11.8 Å². The van der Waals surface area contributed by atoms with Gasteiger partial charge in [0.2, 0.25) is 0 Å². The Kier molecular flexibility index (Phi) is 6.51. The molecule has 0 heterocycles. The molecule has 0 bridgehead atoms. The van der Waals surface area contributed by atoms with E-state index in [0.29, 0.717) is 12.3 Å². The molecule has 2 nitrogen and oxygen atoms in total. The van der Waals surface area contributed by atoms with Crippen LogP contribution in [0.15, 0.2) is 0 Å². The molecule has 0 aromatic rings. The van der Waals surface area contributed by atoms with Crippen molar-refractivity contribution >= 4 is 5.97 Å². The lowest BCUT2D eigenvalue weighted by Crippen LogP contribution is -2.08. The zero-order valence-electron chi connectivity index (χ0n) is 10.6. The fraction of sp³-hybridized carbons (Fsp3) is 0.929. The molecular weight excluding hydrogens is 200 g/mol. The standard InChI is InChI=1S/C14H26O2/c1-12(6-5-9-14(15)16)10-11-13-7-3-2-4-8-13/h12-13H,2-11H2,1H3,(H,15,16). The first-order valence-corrected chi connectivity index (χ1v) is 6.90. The number of aliphatic carboxylic acids is 1. The van der Waals surface area contributed by atoms with Crippen molar-refractivity contribution in [3.05, 3.63) is 0 Å². The molecule has 1 N–H and O–H groups in total. The van der Waals surface area contributed by atoms with Crippen LogP contribution in [0.3, 0.4) is 0 Å². The van der Waals surface area contributed by atoms with Crippen LogP contribution in [0.2, 0.25) is 0 Å². The summed E-state index contributed by atoms with van der Waals surface area (Å²) in [4.78, 5) is 10.4. The van der Waals surface area contributed by atoms with Gasteiger partial charge in [0.25, 0.3) is 0 Å². The van der Waals surface area contributed by atoms with Crippen molar-refractivity contribution in [2.45, 2.75) is 71.1 Å². The van der Waals surface area contributed by atoms with E-state index in [9.17, 15) is 4.79 Å². The molecule has 1 aliphatic carbocycles. The summed E-state index contributed by atoms with van der Waals surface area (Å²) < 4.78 is 0. The number of carboxylic acids is 1. The van der Waals surface area contributed by atoms with E-state index in [1.165, 1.54) is 44.9 Å². The van der Waals surface area contributed by atoms with Crippen LogP contribution in [0.1, 0.15) is 71.1 Å². The van der Waals surface area contributed by atoms with Crippen LogP contribution < -0.4 is 0 Å². The molecule has 94 valence electrons. The van der Waals surface area contributed by atoms with Gasteiger partial charge >= 0.3 is 5.97 Å². The summed E-state index contributed by atoms with van der Waals surface area (Å²) >= 11 is 0. The van der Waals surface area contributed by atoms with Gasteiger partial charge in [0.05, 0.1) is 0 Å². The second-order valence-electron chi connectivity index (χ2n) is 5.47. The molecule has 0 aromatic heterocycles. The van der Waals surface area contributed by atoms with Crippen molar-refractivity contribution in [2.24, 2.45) is 11.8 Å². The third kappa shape index (κ3) is 6.14. The lowest BCUT2D eigenvalue weighted by molar-refractivity contribution is -0.137. The maximum absolute atomic E-state index is 10.4. The van der Waals surface area contributed by atoms with Crippen molar-refractivity contribution in [3.63, 3.8) is 0 Å². The summed E-state index contributed by atoms with van der Waals surface area (Å²) in [5.41, 5.74) is 0. The Morgan fingerprint density at radius 2 is 1.94 bits per heavy atom. The molecule has 0 aromatic carbocycles. The van der Waals surface area contributed by atoms with Crippen LogP contribution >= 0.6 is 0 Å². The van der Waals surface area contributed by atoms with Gasteiger partial charge in [-0.1, -0.05) is 58.3 Å². The summed E-state index contributed by atoms with van der Waals surface area (Å²) in [7, 11) is 0. The van der Waals surface area contributed by atoms with Crippen LogP contribution in [0.5, 0.6) is 0 Å². The lowest BCUT2D eigenvalue weighted by Gasteiger charge is -2.22. The molecule has 0 spiro atoms. The number of hydrogen-bond donors (Lipinski definition) is 1. The highest BCUT2D eigenvalue weighted by Crippen LogP contribution is 2.29. The van der Waals surface area contributed by atoms with Crippen molar-refractivity contribution < 1.29 is 9.90 Å². The van der Waals surface area contributed by atoms with E-state index in [1.807, 2.05) is 0 Å². The average molecular weight is 226 g/mol. The van der Waals surface area contributed by atoms with E-state index in [4.69, 9.17) is 5.11 Å². The van der Waals surface area contributed by atoms with E-state index in [-0.39, 0.29) is 0 Å². The maximum atomic E-state index is 10.4. The smallest absolute Gasteiger partial charge is 0.303 e. The third-order valence-electron chi connectivity index (χ3n) is 3.88. The topological polar surface area (TPSA) is 37.3 Å². The average Bonchev–Trinajstić information content (AvgIpc) is 2.27. The molecule has 0 saturated heterocycles. The Morgan fingerprint density at radius 1 is 1.25 bits per heavy atom. The minimum Gasteiger partial charge on any atom is -0.481 e. The second kappa shape index (κ2) is 7.70.